The van der Waals surface area contributed by atoms with Crippen LogP contribution in [-0.2, 0) is 5.41 Å². The lowest BCUT2D eigenvalue weighted by Gasteiger charge is -2.15. The Bertz CT molecular complexity index is 1650. The van der Waals surface area contributed by atoms with Gasteiger partial charge in [0.1, 0.15) is 23.6 Å². The van der Waals surface area contributed by atoms with E-state index in [-0.39, 0.29) is 11.3 Å². The molecule has 2 aromatic carbocycles. The first-order valence-electron chi connectivity index (χ1n) is 12.6. The molecule has 3 heterocycles. The number of aliphatic hydroxyl groups excluding tert-OH is 1. The number of benzene rings is 2. The molecular formula is C28H31N9O3. The Morgan fingerprint density at radius 2 is 1.75 bits per heavy atom. The molecule has 12 heteroatoms. The van der Waals surface area contributed by atoms with E-state index in [0.717, 1.165) is 11.3 Å². The number of nitrogens with two attached hydrogens (primary N) is 1. The minimum absolute atomic E-state index is 0.0884. The molecule has 0 spiro atoms. The number of amides is 1. The maximum atomic E-state index is 12.3. The van der Waals surface area contributed by atoms with Gasteiger partial charge in [0.05, 0.1) is 11.1 Å². The molecule has 206 valence electrons. The van der Waals surface area contributed by atoms with Gasteiger partial charge in [0, 0.05) is 42.4 Å². The number of fused-ring (bicyclic) bond motifs is 1. The van der Waals surface area contributed by atoms with Crippen molar-refractivity contribution < 1.29 is 14.4 Å². The van der Waals surface area contributed by atoms with Gasteiger partial charge in [0.15, 0.2) is 11.5 Å². The second-order valence-corrected chi connectivity index (χ2v) is 10.6. The van der Waals surface area contributed by atoms with E-state index < -0.39 is 6.35 Å². The number of carbonyl (C=O) groups excluding carboxylic acids is 1. The highest BCUT2D eigenvalue weighted by molar-refractivity contribution is 6.00. The number of anilines is 3. The summed E-state index contributed by atoms with van der Waals surface area (Å²) < 4.78 is 7.03. The standard InChI is InChI=1S/C28H31N9O3/c1-28(2,3)20-14-21(35-40-20)33-27(39)32-18-10-12-19(13-11-18)37-25-22(24(29)30-15-31-25)23(34-37)16-6-8-17(9-7-16)26(38)36(4)5/h6-15,27,32,39H,1-5H3,(H,33,35)(H2,29,30,31). The first-order valence-corrected chi connectivity index (χ1v) is 12.6. The van der Waals surface area contributed by atoms with Crippen LogP contribution in [0.4, 0.5) is 17.3 Å². The smallest absolute Gasteiger partial charge is 0.253 e. The third-order valence-corrected chi connectivity index (χ3v) is 6.25. The number of hydrogen-bond acceptors (Lipinski definition) is 10. The third kappa shape index (κ3) is 5.29. The minimum atomic E-state index is -1.10. The monoisotopic (exact) mass is 541 g/mol. The number of aromatic nitrogens is 5. The van der Waals surface area contributed by atoms with Crippen LogP contribution in [0.15, 0.2) is 65.4 Å². The van der Waals surface area contributed by atoms with Crippen molar-refractivity contribution in [2.75, 3.05) is 30.5 Å². The molecule has 5 aromatic rings. The van der Waals surface area contributed by atoms with E-state index >= 15 is 0 Å². The van der Waals surface area contributed by atoms with Crippen LogP contribution < -0.4 is 16.4 Å². The van der Waals surface area contributed by atoms with Gasteiger partial charge in [-0.1, -0.05) is 38.1 Å². The zero-order valence-corrected chi connectivity index (χ0v) is 22.9. The fourth-order valence-corrected chi connectivity index (χ4v) is 4.12. The maximum absolute atomic E-state index is 12.3. The number of nitrogen functional groups attached to an aromatic ring is 1. The molecule has 5 rings (SSSR count). The number of nitrogens with zero attached hydrogens (tertiary/aromatic N) is 6. The molecule has 1 amide bonds. The number of aliphatic hydroxyl groups is 1. The van der Waals surface area contributed by atoms with Crippen molar-refractivity contribution in [3.8, 4) is 16.9 Å². The Morgan fingerprint density at radius 3 is 2.38 bits per heavy atom. The van der Waals surface area contributed by atoms with E-state index in [2.05, 4.69) is 25.8 Å². The molecule has 0 radical (unpaired) electrons. The molecule has 1 atom stereocenters. The Morgan fingerprint density at radius 1 is 1.05 bits per heavy atom. The van der Waals surface area contributed by atoms with Crippen LogP contribution in [0.1, 0.15) is 36.9 Å². The maximum Gasteiger partial charge on any atom is 0.253 e. The first kappa shape index (κ1) is 26.6. The summed E-state index contributed by atoms with van der Waals surface area (Å²) in [4.78, 5) is 22.4. The highest BCUT2D eigenvalue weighted by Crippen LogP contribution is 2.32. The number of carbonyl (C=O) groups is 1. The van der Waals surface area contributed by atoms with Crippen LogP contribution in [0, 0.1) is 0 Å². The predicted molar refractivity (Wildman–Crippen MR) is 153 cm³/mol. The molecule has 5 N–H and O–H groups in total. The lowest BCUT2D eigenvalue weighted by molar-refractivity contribution is 0.0827. The summed E-state index contributed by atoms with van der Waals surface area (Å²) in [6.07, 6.45) is 0.293. The average molecular weight is 542 g/mol. The second kappa shape index (κ2) is 10.3. The van der Waals surface area contributed by atoms with E-state index in [0.29, 0.717) is 45.4 Å². The van der Waals surface area contributed by atoms with Gasteiger partial charge < -0.3 is 30.9 Å². The molecule has 0 bridgehead atoms. The van der Waals surface area contributed by atoms with Crippen molar-refractivity contribution in [2.45, 2.75) is 32.5 Å². The van der Waals surface area contributed by atoms with E-state index in [1.165, 1.54) is 11.2 Å². The number of hydrogen-bond donors (Lipinski definition) is 4. The topological polar surface area (TPSA) is 160 Å². The zero-order valence-electron chi connectivity index (χ0n) is 22.9. The molecule has 0 aliphatic heterocycles. The molecule has 40 heavy (non-hydrogen) atoms. The highest BCUT2D eigenvalue weighted by atomic mass is 16.5. The molecule has 0 fully saturated rings. The fraction of sp³-hybridized carbons (Fsp3) is 0.250. The van der Waals surface area contributed by atoms with Crippen molar-refractivity contribution in [1.29, 1.82) is 0 Å². The number of nitrogens with one attached hydrogen (secondary N) is 2. The SMILES string of the molecule is CN(C)C(=O)c1ccc(-c2nn(-c3ccc(NC(O)Nc4cc(C(C)(C)C)on4)cc3)c3ncnc(N)c23)cc1. The Balaban J connectivity index is 1.39. The highest BCUT2D eigenvalue weighted by Gasteiger charge is 2.21. The number of rotatable bonds is 7. The Hall–Kier alpha value is -4.97. The molecule has 0 saturated heterocycles. The summed E-state index contributed by atoms with van der Waals surface area (Å²) in [6.45, 7) is 6.05. The van der Waals surface area contributed by atoms with Crippen LogP contribution in [0.2, 0.25) is 0 Å². The van der Waals surface area contributed by atoms with Crippen molar-refractivity contribution in [3.63, 3.8) is 0 Å². The summed E-state index contributed by atoms with van der Waals surface area (Å²) in [5, 5.41) is 25.7. The van der Waals surface area contributed by atoms with Crippen LogP contribution >= 0.6 is 0 Å². The van der Waals surface area contributed by atoms with E-state index in [1.807, 2.05) is 57.2 Å². The Kier molecular flexibility index (Phi) is 6.86. The summed E-state index contributed by atoms with van der Waals surface area (Å²) in [6, 6.07) is 16.2. The van der Waals surface area contributed by atoms with Gasteiger partial charge in [-0.25, -0.2) is 14.6 Å². The average Bonchev–Trinajstić information content (AvgIpc) is 3.55. The van der Waals surface area contributed by atoms with Crippen molar-refractivity contribution >= 4 is 34.3 Å². The second-order valence-electron chi connectivity index (χ2n) is 10.6. The summed E-state index contributed by atoms with van der Waals surface area (Å²) in [7, 11) is 3.42. The molecule has 0 aliphatic rings. The lowest BCUT2D eigenvalue weighted by Crippen LogP contribution is -2.28. The van der Waals surface area contributed by atoms with Gasteiger partial charge in [-0.3, -0.25) is 4.79 Å². The summed E-state index contributed by atoms with van der Waals surface area (Å²) in [5.74, 6) is 1.34. The summed E-state index contributed by atoms with van der Waals surface area (Å²) in [5.41, 5.74) is 9.93. The largest absolute Gasteiger partial charge is 0.383 e. The van der Waals surface area contributed by atoms with E-state index in [4.69, 9.17) is 15.4 Å². The van der Waals surface area contributed by atoms with Gasteiger partial charge in [-0.05, 0) is 36.4 Å². The van der Waals surface area contributed by atoms with Gasteiger partial charge in [0.2, 0.25) is 6.35 Å². The predicted octanol–water partition coefficient (Wildman–Crippen LogP) is 3.85. The van der Waals surface area contributed by atoms with Crippen LogP contribution in [-0.4, -0.2) is 61.3 Å². The lowest BCUT2D eigenvalue weighted by atomic mass is 9.93. The minimum Gasteiger partial charge on any atom is -0.383 e. The van der Waals surface area contributed by atoms with Crippen LogP contribution in [0.3, 0.4) is 0 Å². The molecule has 0 saturated carbocycles. The quantitative estimate of drug-likeness (QED) is 0.223. The normalized spacial score (nSPS) is 12.3. The third-order valence-electron chi connectivity index (χ3n) is 6.25. The molecule has 12 nitrogen and oxygen atoms in total. The molecule has 1 unspecified atom stereocenters. The molecule has 0 aliphatic carbocycles. The Labute approximate surface area is 230 Å². The molecule has 3 aromatic heterocycles. The summed E-state index contributed by atoms with van der Waals surface area (Å²) >= 11 is 0. The fourth-order valence-electron chi connectivity index (χ4n) is 4.12. The van der Waals surface area contributed by atoms with Gasteiger partial charge in [-0.15, -0.1) is 0 Å². The van der Waals surface area contributed by atoms with Crippen molar-refractivity contribution in [2.24, 2.45) is 0 Å². The first-order chi connectivity index (χ1) is 19.0. The van der Waals surface area contributed by atoms with Gasteiger partial charge in [-0.2, -0.15) is 5.10 Å². The van der Waals surface area contributed by atoms with E-state index in [1.54, 1.807) is 37.0 Å². The van der Waals surface area contributed by atoms with Crippen LogP contribution in [0.25, 0.3) is 28.0 Å². The van der Waals surface area contributed by atoms with Gasteiger partial charge >= 0.3 is 0 Å². The van der Waals surface area contributed by atoms with Gasteiger partial charge in [0.25, 0.3) is 5.91 Å². The van der Waals surface area contributed by atoms with Crippen LogP contribution in [0.5, 0.6) is 0 Å². The van der Waals surface area contributed by atoms with Crippen molar-refractivity contribution in [3.05, 3.63) is 72.2 Å². The molecular weight excluding hydrogens is 510 g/mol. The van der Waals surface area contributed by atoms with E-state index in [9.17, 15) is 9.90 Å². The van der Waals surface area contributed by atoms with Crippen molar-refractivity contribution in [1.82, 2.24) is 29.8 Å². The zero-order chi connectivity index (χ0) is 28.6.